The van der Waals surface area contributed by atoms with Crippen LogP contribution in [0.5, 0.6) is 0 Å². The molecule has 6 nitrogen and oxygen atoms in total. The van der Waals surface area contributed by atoms with Crippen molar-refractivity contribution in [3.63, 3.8) is 0 Å². The van der Waals surface area contributed by atoms with Gasteiger partial charge in [0, 0.05) is 44.7 Å². The number of rotatable bonds is 3. The van der Waals surface area contributed by atoms with Crippen molar-refractivity contribution in [1.82, 2.24) is 14.9 Å². The molecule has 0 unspecified atom stereocenters. The molecule has 1 aromatic heterocycles. The molecule has 1 saturated heterocycles. The molecule has 0 spiro atoms. The molecule has 0 atom stereocenters. The van der Waals surface area contributed by atoms with Crippen LogP contribution in [0.3, 0.4) is 0 Å². The number of aromatic nitrogens is 2. The third kappa shape index (κ3) is 4.62. The van der Waals surface area contributed by atoms with Gasteiger partial charge in [0.1, 0.15) is 0 Å². The molecule has 29 heavy (non-hydrogen) atoms. The molecule has 1 fully saturated rings. The molecule has 1 N–H and O–H groups in total. The predicted molar refractivity (Wildman–Crippen MR) is 102 cm³/mol. The van der Waals surface area contributed by atoms with Crippen molar-refractivity contribution in [3.05, 3.63) is 57.0 Å². The van der Waals surface area contributed by atoms with Crippen LogP contribution in [0.15, 0.2) is 29.1 Å². The molecule has 2 aliphatic heterocycles. The van der Waals surface area contributed by atoms with Gasteiger partial charge < -0.3 is 9.64 Å². The lowest BCUT2D eigenvalue weighted by molar-refractivity contribution is -0.137. The number of H-pyrrole nitrogens is 1. The van der Waals surface area contributed by atoms with Crippen molar-refractivity contribution in [2.45, 2.75) is 25.6 Å². The van der Waals surface area contributed by atoms with E-state index in [1.165, 1.54) is 12.1 Å². The molecule has 0 bridgehead atoms. The van der Waals surface area contributed by atoms with E-state index in [1.807, 2.05) is 4.90 Å². The summed E-state index contributed by atoms with van der Waals surface area (Å²) < 4.78 is 44.2. The zero-order chi connectivity index (χ0) is 20.4. The molecule has 2 aromatic rings. The van der Waals surface area contributed by atoms with E-state index >= 15 is 0 Å². The average molecular weight is 408 g/mol. The molecular weight excluding hydrogens is 385 g/mol. The summed E-state index contributed by atoms with van der Waals surface area (Å²) in [5, 5.41) is 0. The number of nitrogens with zero attached hydrogens (tertiary/aromatic N) is 3. The highest BCUT2D eigenvalue weighted by atomic mass is 19.4. The Morgan fingerprint density at radius 1 is 1.10 bits per heavy atom. The second-order valence-corrected chi connectivity index (χ2v) is 7.39. The number of ether oxygens (including phenoxy) is 1. The number of anilines is 1. The third-order valence-electron chi connectivity index (χ3n) is 5.40. The van der Waals surface area contributed by atoms with E-state index in [0.717, 1.165) is 11.8 Å². The highest BCUT2D eigenvalue weighted by Gasteiger charge is 2.30. The number of alkyl halides is 3. The fourth-order valence-corrected chi connectivity index (χ4v) is 3.83. The molecule has 4 rings (SSSR count). The predicted octanol–water partition coefficient (Wildman–Crippen LogP) is 2.23. The molecule has 9 heteroatoms. The van der Waals surface area contributed by atoms with Gasteiger partial charge in [0.2, 0.25) is 5.95 Å². The fraction of sp³-hybridized carbons (Fsp3) is 0.500. The maximum absolute atomic E-state index is 13.0. The number of morpholine rings is 1. The molecule has 3 heterocycles. The van der Waals surface area contributed by atoms with Crippen molar-refractivity contribution < 1.29 is 17.9 Å². The van der Waals surface area contributed by atoms with Gasteiger partial charge in [0.15, 0.2) is 0 Å². The van der Waals surface area contributed by atoms with Crippen LogP contribution in [-0.4, -0.2) is 54.3 Å². The van der Waals surface area contributed by atoms with Crippen LogP contribution in [0, 0.1) is 0 Å². The minimum atomic E-state index is -4.35. The Labute approximate surface area is 166 Å². The summed E-state index contributed by atoms with van der Waals surface area (Å²) in [6.07, 6.45) is -3.23. The number of benzene rings is 1. The summed E-state index contributed by atoms with van der Waals surface area (Å²) >= 11 is 0. The second kappa shape index (κ2) is 8.16. The first-order valence-corrected chi connectivity index (χ1v) is 9.73. The van der Waals surface area contributed by atoms with Crippen LogP contribution in [-0.2, 0) is 30.3 Å². The van der Waals surface area contributed by atoms with Crippen molar-refractivity contribution >= 4 is 5.95 Å². The Hall–Kier alpha value is -2.39. The number of nitrogens with one attached hydrogen (secondary N) is 1. The number of hydrogen-bond donors (Lipinski definition) is 1. The third-order valence-corrected chi connectivity index (χ3v) is 5.40. The summed E-state index contributed by atoms with van der Waals surface area (Å²) in [6, 6.07) is 5.42. The van der Waals surface area contributed by atoms with Gasteiger partial charge in [-0.05, 0) is 18.1 Å². The first kappa shape index (κ1) is 19.9. The largest absolute Gasteiger partial charge is 0.416 e. The Morgan fingerprint density at radius 2 is 1.86 bits per heavy atom. The van der Waals surface area contributed by atoms with E-state index in [-0.39, 0.29) is 5.56 Å². The minimum Gasteiger partial charge on any atom is -0.378 e. The lowest BCUT2D eigenvalue weighted by atomic mass is 10.1. The van der Waals surface area contributed by atoms with Gasteiger partial charge in [-0.15, -0.1) is 0 Å². The SMILES string of the molecule is O=c1[nH]c(N2CCOCC2)nc2c1CCN(Cc1cccc(C(F)(F)F)c1)CC2. The van der Waals surface area contributed by atoms with Gasteiger partial charge >= 0.3 is 6.18 Å². The molecule has 0 amide bonds. The Morgan fingerprint density at radius 3 is 2.62 bits per heavy atom. The Kier molecular flexibility index (Phi) is 5.60. The highest BCUT2D eigenvalue weighted by Crippen LogP contribution is 2.30. The summed E-state index contributed by atoms with van der Waals surface area (Å²) in [5.74, 6) is 0.573. The van der Waals surface area contributed by atoms with E-state index < -0.39 is 11.7 Å². The fourth-order valence-electron chi connectivity index (χ4n) is 3.83. The maximum atomic E-state index is 13.0. The molecule has 0 aliphatic carbocycles. The summed E-state index contributed by atoms with van der Waals surface area (Å²) in [5.41, 5.74) is 1.30. The summed E-state index contributed by atoms with van der Waals surface area (Å²) in [4.78, 5) is 24.3. The minimum absolute atomic E-state index is 0.127. The zero-order valence-corrected chi connectivity index (χ0v) is 16.0. The van der Waals surface area contributed by atoms with Crippen molar-refractivity contribution in [2.24, 2.45) is 0 Å². The first-order valence-electron chi connectivity index (χ1n) is 9.73. The Balaban J connectivity index is 1.48. The number of aromatic amines is 1. The lowest BCUT2D eigenvalue weighted by Gasteiger charge is -2.27. The number of halogens is 3. The van der Waals surface area contributed by atoms with Gasteiger partial charge in [-0.25, -0.2) is 4.98 Å². The van der Waals surface area contributed by atoms with Crippen LogP contribution in [0.1, 0.15) is 22.4 Å². The smallest absolute Gasteiger partial charge is 0.378 e. The second-order valence-electron chi connectivity index (χ2n) is 7.39. The summed E-state index contributed by atoms with van der Waals surface area (Å²) in [6.45, 7) is 4.23. The topological polar surface area (TPSA) is 61.5 Å². The van der Waals surface area contributed by atoms with Gasteiger partial charge in [-0.3, -0.25) is 14.7 Å². The Bertz CT molecular complexity index is 923. The van der Waals surface area contributed by atoms with E-state index in [2.05, 4.69) is 14.9 Å². The number of hydrogen-bond acceptors (Lipinski definition) is 5. The molecule has 0 saturated carbocycles. The molecule has 0 radical (unpaired) electrons. The van der Waals surface area contributed by atoms with Crippen LogP contribution >= 0.6 is 0 Å². The normalized spacial score (nSPS) is 18.4. The zero-order valence-electron chi connectivity index (χ0n) is 16.0. The van der Waals surface area contributed by atoms with Crippen molar-refractivity contribution in [2.75, 3.05) is 44.3 Å². The molecule has 156 valence electrons. The summed E-state index contributed by atoms with van der Waals surface area (Å²) in [7, 11) is 0. The molecular formula is C20H23F3N4O2. The van der Waals surface area contributed by atoms with Crippen molar-refractivity contribution in [3.8, 4) is 0 Å². The maximum Gasteiger partial charge on any atom is 0.416 e. The first-order chi connectivity index (χ1) is 13.9. The van der Waals surface area contributed by atoms with E-state index in [1.54, 1.807) is 6.07 Å². The van der Waals surface area contributed by atoms with E-state index in [9.17, 15) is 18.0 Å². The van der Waals surface area contributed by atoms with Crippen molar-refractivity contribution in [1.29, 1.82) is 0 Å². The average Bonchev–Trinajstić information content (AvgIpc) is 2.91. The number of fused-ring (bicyclic) bond motifs is 1. The van der Waals surface area contributed by atoms with E-state index in [0.29, 0.717) is 75.9 Å². The van der Waals surface area contributed by atoms with Crippen LogP contribution in [0.25, 0.3) is 0 Å². The standard InChI is InChI=1S/C20H23F3N4O2/c21-20(22,23)15-3-1-2-14(12-15)13-26-6-4-16-17(5-7-26)24-19(25-18(16)28)27-8-10-29-11-9-27/h1-3,12H,4-11,13H2,(H,24,25,28). The van der Waals surface area contributed by atoms with Gasteiger partial charge in [-0.2, -0.15) is 13.2 Å². The lowest BCUT2D eigenvalue weighted by Crippen LogP contribution is -2.38. The van der Waals surface area contributed by atoms with Gasteiger partial charge in [0.25, 0.3) is 5.56 Å². The quantitative estimate of drug-likeness (QED) is 0.844. The van der Waals surface area contributed by atoms with Crippen LogP contribution in [0.4, 0.5) is 19.1 Å². The van der Waals surface area contributed by atoms with Gasteiger partial charge in [0.05, 0.1) is 24.5 Å². The van der Waals surface area contributed by atoms with Crippen LogP contribution < -0.4 is 10.5 Å². The highest BCUT2D eigenvalue weighted by molar-refractivity contribution is 5.34. The molecule has 2 aliphatic rings. The molecule has 1 aromatic carbocycles. The van der Waals surface area contributed by atoms with E-state index in [4.69, 9.17) is 4.74 Å². The van der Waals surface area contributed by atoms with Gasteiger partial charge in [-0.1, -0.05) is 18.2 Å². The van der Waals surface area contributed by atoms with Crippen LogP contribution in [0.2, 0.25) is 0 Å². The monoisotopic (exact) mass is 408 g/mol.